The van der Waals surface area contributed by atoms with Gasteiger partial charge in [0.05, 0.1) is 12.1 Å². The van der Waals surface area contributed by atoms with Crippen molar-refractivity contribution >= 4 is 17.5 Å². The molecule has 1 atom stereocenters. The molecule has 3 aromatic rings. The number of halogens is 2. The van der Waals surface area contributed by atoms with Crippen molar-refractivity contribution in [2.24, 2.45) is 0 Å². The third-order valence-electron chi connectivity index (χ3n) is 5.14. The summed E-state index contributed by atoms with van der Waals surface area (Å²) in [5.41, 5.74) is 1.08. The third-order valence-corrected chi connectivity index (χ3v) is 5.39. The highest BCUT2D eigenvalue weighted by Crippen LogP contribution is 2.25. The number of carbonyl (C=O) groups is 1. The Labute approximate surface area is 171 Å². The van der Waals surface area contributed by atoms with E-state index in [9.17, 15) is 14.0 Å². The zero-order chi connectivity index (χ0) is 20.4. The van der Waals surface area contributed by atoms with E-state index in [2.05, 4.69) is 10.1 Å². The summed E-state index contributed by atoms with van der Waals surface area (Å²) in [6, 6.07) is 12.8. The minimum absolute atomic E-state index is 0.0132. The molecule has 4 rings (SSSR count). The molecule has 1 amide bonds. The van der Waals surface area contributed by atoms with Crippen molar-refractivity contribution < 1.29 is 9.18 Å². The number of rotatable bonds is 4. The lowest BCUT2D eigenvalue weighted by atomic mass is 9.97. The predicted molar refractivity (Wildman–Crippen MR) is 108 cm³/mol. The quantitative estimate of drug-likeness (QED) is 0.712. The number of likely N-dealkylation sites (tertiary alicyclic amines) is 1. The number of carbonyl (C=O) groups excluding carboxylic acids is 1. The van der Waals surface area contributed by atoms with Crippen LogP contribution in [0.4, 0.5) is 4.39 Å². The number of amides is 1. The number of aromatic nitrogens is 3. The van der Waals surface area contributed by atoms with E-state index in [1.165, 1.54) is 16.8 Å². The highest BCUT2D eigenvalue weighted by Gasteiger charge is 2.27. The van der Waals surface area contributed by atoms with Crippen molar-refractivity contribution in [2.75, 3.05) is 13.1 Å². The number of hydrogen-bond acceptors (Lipinski definition) is 3. The molecule has 2 aromatic carbocycles. The number of nitrogens with zero attached hydrogens (tertiary/aromatic N) is 3. The summed E-state index contributed by atoms with van der Waals surface area (Å²) in [5.74, 6) is 0.201. The molecule has 1 unspecified atom stereocenters. The van der Waals surface area contributed by atoms with Crippen molar-refractivity contribution in [3.8, 4) is 5.69 Å². The van der Waals surface area contributed by atoms with Crippen molar-refractivity contribution in [3.63, 3.8) is 0 Å². The summed E-state index contributed by atoms with van der Waals surface area (Å²) >= 11 is 5.91. The van der Waals surface area contributed by atoms with Gasteiger partial charge in [0, 0.05) is 24.0 Å². The van der Waals surface area contributed by atoms with Gasteiger partial charge in [-0.3, -0.25) is 9.78 Å². The molecule has 1 aliphatic heterocycles. The number of nitrogens with one attached hydrogen (secondary N) is 1. The van der Waals surface area contributed by atoms with E-state index in [1.807, 2.05) is 0 Å². The van der Waals surface area contributed by atoms with E-state index in [-0.39, 0.29) is 29.8 Å². The second-order valence-electron chi connectivity index (χ2n) is 7.19. The molecule has 0 saturated carbocycles. The number of hydrogen-bond donors (Lipinski definition) is 1. The van der Waals surface area contributed by atoms with E-state index in [1.54, 1.807) is 41.3 Å². The number of H-pyrrole nitrogens is 1. The lowest BCUT2D eigenvalue weighted by Crippen LogP contribution is -2.40. The van der Waals surface area contributed by atoms with Gasteiger partial charge >= 0.3 is 5.69 Å². The maximum atomic E-state index is 13.1. The Morgan fingerprint density at radius 1 is 1.17 bits per heavy atom. The molecule has 0 bridgehead atoms. The molecule has 29 heavy (non-hydrogen) atoms. The van der Waals surface area contributed by atoms with E-state index in [0.717, 1.165) is 18.4 Å². The lowest BCUT2D eigenvalue weighted by Gasteiger charge is -2.31. The average molecular weight is 415 g/mol. The molecule has 2 heterocycles. The molecular formula is C21H20ClFN4O2. The van der Waals surface area contributed by atoms with Gasteiger partial charge in [0.1, 0.15) is 11.6 Å². The monoisotopic (exact) mass is 414 g/mol. The largest absolute Gasteiger partial charge is 0.348 e. The fourth-order valence-corrected chi connectivity index (χ4v) is 3.72. The Morgan fingerprint density at radius 2 is 1.90 bits per heavy atom. The molecular weight excluding hydrogens is 395 g/mol. The van der Waals surface area contributed by atoms with Gasteiger partial charge in [-0.05, 0) is 54.8 Å². The summed E-state index contributed by atoms with van der Waals surface area (Å²) in [6.45, 7) is 1.16. The fourth-order valence-electron chi connectivity index (χ4n) is 3.60. The second kappa shape index (κ2) is 8.21. The Bertz CT molecular complexity index is 1060. The lowest BCUT2D eigenvalue weighted by molar-refractivity contribution is -0.131. The summed E-state index contributed by atoms with van der Waals surface area (Å²) in [6.07, 6.45) is 1.90. The first-order valence-electron chi connectivity index (χ1n) is 9.47. The molecule has 1 saturated heterocycles. The molecule has 1 fully saturated rings. The number of piperidine rings is 1. The van der Waals surface area contributed by atoms with Crippen LogP contribution in [0.1, 0.15) is 30.1 Å². The van der Waals surface area contributed by atoms with E-state index in [4.69, 9.17) is 11.6 Å². The first-order chi connectivity index (χ1) is 14.0. The smallest absolute Gasteiger partial charge is 0.342 e. The first kappa shape index (κ1) is 19.4. The third kappa shape index (κ3) is 4.40. The summed E-state index contributed by atoms with van der Waals surface area (Å²) < 4.78 is 14.4. The topological polar surface area (TPSA) is 71.0 Å². The molecule has 1 N–H and O–H groups in total. The first-order valence-corrected chi connectivity index (χ1v) is 9.85. The average Bonchev–Trinajstić information content (AvgIpc) is 3.12. The Kier molecular flexibility index (Phi) is 5.49. The van der Waals surface area contributed by atoms with Gasteiger partial charge in [0.15, 0.2) is 0 Å². The van der Waals surface area contributed by atoms with Crippen LogP contribution >= 0.6 is 11.6 Å². The van der Waals surface area contributed by atoms with Crippen LogP contribution in [0, 0.1) is 5.82 Å². The zero-order valence-corrected chi connectivity index (χ0v) is 16.4. The number of benzene rings is 2. The van der Waals surface area contributed by atoms with Crippen LogP contribution in [0.2, 0.25) is 5.02 Å². The van der Waals surface area contributed by atoms with Crippen LogP contribution < -0.4 is 5.69 Å². The van der Waals surface area contributed by atoms with E-state index < -0.39 is 0 Å². The van der Waals surface area contributed by atoms with Crippen molar-refractivity contribution in [1.82, 2.24) is 19.7 Å². The minimum atomic E-state index is -0.322. The molecule has 0 spiro atoms. The minimum Gasteiger partial charge on any atom is -0.342 e. The molecule has 6 nitrogen and oxygen atoms in total. The van der Waals surface area contributed by atoms with Crippen LogP contribution in [-0.4, -0.2) is 38.7 Å². The molecule has 1 aliphatic rings. The van der Waals surface area contributed by atoms with E-state index in [0.29, 0.717) is 29.6 Å². The highest BCUT2D eigenvalue weighted by molar-refractivity contribution is 6.30. The van der Waals surface area contributed by atoms with Gasteiger partial charge in [-0.25, -0.2) is 9.18 Å². The van der Waals surface area contributed by atoms with Crippen LogP contribution in [0.25, 0.3) is 5.69 Å². The standard InChI is InChI=1S/C21H20ClFN4O2/c22-16-5-9-18(10-6-16)27-21(29)24-20(25-27)15-2-1-11-26(13-15)19(28)12-14-3-7-17(23)8-4-14/h3-10,15H,1-2,11-13H2,(H,24,25,29). The summed E-state index contributed by atoms with van der Waals surface area (Å²) in [4.78, 5) is 29.6. The highest BCUT2D eigenvalue weighted by atomic mass is 35.5. The second-order valence-corrected chi connectivity index (χ2v) is 7.62. The van der Waals surface area contributed by atoms with Crippen molar-refractivity contribution in [3.05, 3.63) is 81.2 Å². The zero-order valence-electron chi connectivity index (χ0n) is 15.6. The van der Waals surface area contributed by atoms with Gasteiger partial charge in [0.25, 0.3) is 0 Å². The molecule has 0 radical (unpaired) electrons. The molecule has 8 heteroatoms. The molecule has 0 aliphatic carbocycles. The van der Waals surface area contributed by atoms with Gasteiger partial charge < -0.3 is 4.90 Å². The normalized spacial score (nSPS) is 16.8. The van der Waals surface area contributed by atoms with Crippen LogP contribution in [0.15, 0.2) is 53.3 Å². The molecule has 1 aromatic heterocycles. The Morgan fingerprint density at radius 3 is 2.62 bits per heavy atom. The van der Waals surface area contributed by atoms with E-state index >= 15 is 0 Å². The maximum absolute atomic E-state index is 13.1. The van der Waals surface area contributed by atoms with Crippen LogP contribution in [-0.2, 0) is 11.2 Å². The Hall–Kier alpha value is -2.93. The summed E-state index contributed by atoms with van der Waals surface area (Å²) in [7, 11) is 0. The van der Waals surface area contributed by atoms with Crippen molar-refractivity contribution in [1.29, 1.82) is 0 Å². The predicted octanol–water partition coefficient (Wildman–Crippen LogP) is 3.30. The van der Waals surface area contributed by atoms with Gasteiger partial charge in [0.2, 0.25) is 5.91 Å². The maximum Gasteiger partial charge on any atom is 0.348 e. The van der Waals surface area contributed by atoms with Gasteiger partial charge in [-0.15, -0.1) is 5.10 Å². The van der Waals surface area contributed by atoms with Gasteiger partial charge in [-0.1, -0.05) is 23.7 Å². The van der Waals surface area contributed by atoms with Crippen molar-refractivity contribution in [2.45, 2.75) is 25.2 Å². The van der Waals surface area contributed by atoms with Gasteiger partial charge in [-0.2, -0.15) is 4.68 Å². The summed E-state index contributed by atoms with van der Waals surface area (Å²) in [5, 5.41) is 5.03. The molecule has 150 valence electrons. The number of aromatic amines is 1. The van der Waals surface area contributed by atoms with Crippen LogP contribution in [0.3, 0.4) is 0 Å². The SMILES string of the molecule is O=C(Cc1ccc(F)cc1)N1CCCC(c2nn(-c3ccc(Cl)cc3)c(=O)[nH]2)C1. The fraction of sp³-hybridized carbons (Fsp3) is 0.286. The Balaban J connectivity index is 1.47. The van der Waals surface area contributed by atoms with Crippen LogP contribution in [0.5, 0.6) is 0 Å².